The highest BCUT2D eigenvalue weighted by Gasteiger charge is 2.27. The molecule has 0 spiro atoms. The van der Waals surface area contributed by atoms with E-state index in [1.807, 2.05) is 0 Å². The lowest BCUT2D eigenvalue weighted by atomic mass is 9.83. The van der Waals surface area contributed by atoms with Crippen molar-refractivity contribution in [2.75, 3.05) is 9.80 Å². The molecule has 0 saturated heterocycles. The Balaban J connectivity index is 1.14. The molecule has 1 atom stereocenters. The third kappa shape index (κ3) is 5.44. The van der Waals surface area contributed by atoms with Crippen LogP contribution in [0.1, 0.15) is 22.3 Å². The zero-order valence-electron chi connectivity index (χ0n) is 32.8. The summed E-state index contributed by atoms with van der Waals surface area (Å²) in [4.78, 5) is 4.84. The number of hydrogen-bond acceptors (Lipinski definition) is 3. The predicted octanol–water partition coefficient (Wildman–Crippen LogP) is 13.1. The Morgan fingerprint density at radius 3 is 1.47 bits per heavy atom. The van der Waals surface area contributed by atoms with Gasteiger partial charge in [-0.05, 0) is 115 Å². The van der Waals surface area contributed by atoms with E-state index in [9.17, 15) is 0 Å². The number of nitrogens with one attached hydrogen (secondary N) is 1. The molecule has 0 aromatic heterocycles. The third-order valence-corrected chi connectivity index (χ3v) is 12.4. The monoisotopic (exact) mass is 765 g/mol. The van der Waals surface area contributed by atoms with E-state index in [1.165, 1.54) is 71.3 Å². The van der Waals surface area contributed by atoms with Crippen LogP contribution in [-0.4, -0.2) is 6.04 Å². The largest absolute Gasteiger partial charge is 0.380 e. The molecule has 0 radical (unpaired) electrons. The van der Waals surface area contributed by atoms with Crippen molar-refractivity contribution >= 4 is 81.0 Å². The maximum absolute atomic E-state index is 3.81. The molecule has 8 aromatic carbocycles. The molecule has 3 nitrogen and oxygen atoms in total. The minimum Gasteiger partial charge on any atom is -0.380 e. The molecule has 0 saturated carbocycles. The molecule has 3 heterocycles. The van der Waals surface area contributed by atoms with E-state index in [0.717, 1.165) is 34.1 Å². The van der Waals surface area contributed by atoms with Gasteiger partial charge in [0.15, 0.2) is 0 Å². The molecule has 0 fully saturated rings. The minimum absolute atomic E-state index is 0.0639. The van der Waals surface area contributed by atoms with Gasteiger partial charge < -0.3 is 15.1 Å². The van der Waals surface area contributed by atoms with E-state index in [1.54, 1.807) is 0 Å². The molecule has 60 heavy (non-hydrogen) atoms. The molecule has 3 aliphatic heterocycles. The predicted molar refractivity (Wildman–Crippen MR) is 254 cm³/mol. The van der Waals surface area contributed by atoms with Gasteiger partial charge in [0.25, 0.3) is 0 Å². The van der Waals surface area contributed by atoms with Crippen molar-refractivity contribution in [3.05, 3.63) is 227 Å². The normalized spacial score (nSPS) is 15.4. The highest BCUT2D eigenvalue weighted by molar-refractivity contribution is 6.08. The molecule has 1 unspecified atom stereocenters. The number of fused-ring (bicyclic) bond motifs is 7. The molecule has 1 N–H and O–H groups in total. The topological polar surface area (TPSA) is 18.5 Å². The van der Waals surface area contributed by atoms with Crippen molar-refractivity contribution in [2.24, 2.45) is 0 Å². The van der Waals surface area contributed by atoms with E-state index < -0.39 is 0 Å². The molecule has 4 aliphatic rings. The Bertz CT molecular complexity index is 3300. The van der Waals surface area contributed by atoms with Gasteiger partial charge in [0.05, 0.1) is 28.8 Å². The number of allylic oxidation sites excluding steroid dienone is 2. The van der Waals surface area contributed by atoms with Gasteiger partial charge in [-0.25, -0.2) is 0 Å². The van der Waals surface area contributed by atoms with Gasteiger partial charge >= 0.3 is 0 Å². The molecular formula is C57H39N3. The van der Waals surface area contributed by atoms with Gasteiger partial charge in [-0.1, -0.05) is 170 Å². The first-order valence-corrected chi connectivity index (χ1v) is 20.7. The molecule has 0 amide bonds. The summed E-state index contributed by atoms with van der Waals surface area (Å²) in [5.74, 6) is 0. The van der Waals surface area contributed by atoms with Crippen molar-refractivity contribution in [1.82, 2.24) is 5.32 Å². The highest BCUT2D eigenvalue weighted by Crippen LogP contribution is 2.46. The molecular weight excluding hydrogens is 727 g/mol. The molecule has 1 aliphatic carbocycles. The maximum Gasteiger partial charge on any atom is 0.0702 e. The Kier molecular flexibility index (Phi) is 7.92. The first-order valence-electron chi connectivity index (χ1n) is 20.7. The molecule has 8 aromatic rings. The van der Waals surface area contributed by atoms with Crippen LogP contribution in [0.3, 0.4) is 0 Å². The summed E-state index contributed by atoms with van der Waals surface area (Å²) in [7, 11) is 0. The lowest BCUT2D eigenvalue weighted by Crippen LogP contribution is -2.44. The Morgan fingerprint density at radius 1 is 0.400 bits per heavy atom. The maximum atomic E-state index is 3.81. The van der Waals surface area contributed by atoms with Crippen LogP contribution in [0.4, 0.5) is 34.1 Å². The van der Waals surface area contributed by atoms with Crippen molar-refractivity contribution in [3.63, 3.8) is 0 Å². The van der Waals surface area contributed by atoms with Crippen molar-refractivity contribution in [3.8, 4) is 22.3 Å². The first kappa shape index (κ1) is 34.2. The summed E-state index contributed by atoms with van der Waals surface area (Å²) in [6.07, 6.45) is 20.2. The fourth-order valence-electron chi connectivity index (χ4n) is 9.67. The number of para-hydroxylation sites is 4. The second kappa shape index (κ2) is 13.9. The van der Waals surface area contributed by atoms with Gasteiger partial charge in [0, 0.05) is 22.8 Å². The number of benzene rings is 8. The lowest BCUT2D eigenvalue weighted by molar-refractivity contribution is 0.878. The molecule has 3 heteroatoms. The molecule has 0 bridgehead atoms. The number of nitrogens with zero attached hydrogens (tertiary/aromatic N) is 2. The van der Waals surface area contributed by atoms with Crippen LogP contribution in [0.15, 0.2) is 194 Å². The van der Waals surface area contributed by atoms with Gasteiger partial charge in [-0.2, -0.15) is 0 Å². The molecule has 12 rings (SSSR count). The Morgan fingerprint density at radius 2 is 0.883 bits per heavy atom. The molecule has 282 valence electrons. The smallest absolute Gasteiger partial charge is 0.0702 e. The van der Waals surface area contributed by atoms with Crippen molar-refractivity contribution < 1.29 is 0 Å². The quantitative estimate of drug-likeness (QED) is 0.192. The van der Waals surface area contributed by atoms with E-state index in [4.69, 9.17) is 0 Å². The summed E-state index contributed by atoms with van der Waals surface area (Å²) in [6.45, 7) is 0. The van der Waals surface area contributed by atoms with Crippen molar-refractivity contribution in [2.45, 2.75) is 6.04 Å². The average Bonchev–Trinajstić information content (AvgIpc) is 3.59. The van der Waals surface area contributed by atoms with Gasteiger partial charge in [-0.3, -0.25) is 0 Å². The average molecular weight is 766 g/mol. The van der Waals surface area contributed by atoms with Crippen LogP contribution in [-0.2, 0) is 0 Å². The third-order valence-electron chi connectivity index (χ3n) is 12.4. The lowest BCUT2D eigenvalue weighted by Gasteiger charge is -2.29. The number of anilines is 6. The van der Waals surface area contributed by atoms with Crippen molar-refractivity contribution in [1.29, 1.82) is 0 Å². The highest BCUT2D eigenvalue weighted by atomic mass is 15.2. The summed E-state index contributed by atoms with van der Waals surface area (Å²) in [5.41, 5.74) is 17.7. The van der Waals surface area contributed by atoms with Crippen LogP contribution in [0.5, 0.6) is 0 Å². The first-order chi connectivity index (χ1) is 29.8. The summed E-state index contributed by atoms with van der Waals surface area (Å²) >= 11 is 0. The zero-order valence-corrected chi connectivity index (χ0v) is 32.8. The second-order valence-corrected chi connectivity index (χ2v) is 15.7. The minimum atomic E-state index is 0.0639. The van der Waals surface area contributed by atoms with Crippen LogP contribution in [0.2, 0.25) is 0 Å². The zero-order chi connectivity index (χ0) is 39.6. The number of rotatable bonds is 4. The van der Waals surface area contributed by atoms with E-state index in [2.05, 4.69) is 240 Å². The summed E-state index contributed by atoms with van der Waals surface area (Å²) in [5, 5.41) is 8.72. The van der Waals surface area contributed by atoms with Gasteiger partial charge in [-0.15, -0.1) is 0 Å². The van der Waals surface area contributed by atoms with Crippen LogP contribution in [0.25, 0.3) is 69.1 Å². The van der Waals surface area contributed by atoms with E-state index in [0.29, 0.717) is 0 Å². The SMILES string of the molecule is C1=CC2=c3c(-c4ccc5c(c4)N(c4ccccc4)c4ccccc4C=C5)c4ccccc4c(-c4ccc5c(c4)N(c4ccccc4)c4ccccc4C=C5)c3=CNC2C=C1. The van der Waals surface area contributed by atoms with E-state index >= 15 is 0 Å². The Hall–Kier alpha value is -7.88. The fraction of sp³-hybridized carbons (Fsp3) is 0.0175. The Labute approximate surface area is 349 Å². The van der Waals surface area contributed by atoms with Crippen LogP contribution in [0, 0.1) is 0 Å². The van der Waals surface area contributed by atoms with Gasteiger partial charge in [0.1, 0.15) is 0 Å². The number of hydrogen-bond donors (Lipinski definition) is 1. The van der Waals surface area contributed by atoms with Crippen LogP contribution < -0.4 is 25.6 Å². The summed E-state index contributed by atoms with van der Waals surface area (Å²) < 4.78 is 0. The van der Waals surface area contributed by atoms with Gasteiger partial charge in [0.2, 0.25) is 0 Å². The summed E-state index contributed by atoms with van der Waals surface area (Å²) in [6, 6.07) is 62.0. The second-order valence-electron chi connectivity index (χ2n) is 15.7. The van der Waals surface area contributed by atoms with E-state index in [-0.39, 0.29) is 6.04 Å². The van der Waals surface area contributed by atoms with Crippen LogP contribution >= 0.6 is 0 Å². The fourth-order valence-corrected chi connectivity index (χ4v) is 9.67. The standard InChI is InChI=1S/C57H39N3/c1-3-17-44(18-4-1)59-51-25-13-7-15-38(51)27-29-40-31-33-42(35-53(40)59)55-46-21-9-10-22-47(46)56(57-48-23-11-12-24-50(48)58-37-49(55)57)43-34-32-41-30-28-39-16-8-14-26-52(39)60(54(41)36-43)45-19-5-2-6-20-45/h1-37,50,58H.